The molecule has 3 rings (SSSR count). The first-order valence-electron chi connectivity index (χ1n) is 5.64. The van der Waals surface area contributed by atoms with Crippen LogP contribution < -0.4 is 51.4 Å². The molecule has 1 aromatic carbocycles. The van der Waals surface area contributed by atoms with Crippen molar-refractivity contribution in [2.75, 3.05) is 0 Å². The number of hydrogen-bond acceptors (Lipinski definition) is 1. The zero-order valence-electron chi connectivity index (χ0n) is 10.7. The molecule has 0 aliphatic carbocycles. The summed E-state index contributed by atoms with van der Waals surface area (Å²) < 4.78 is 2.20. The van der Waals surface area contributed by atoms with Gasteiger partial charge in [0.05, 0.1) is 0 Å². The van der Waals surface area contributed by atoms with Gasteiger partial charge in [-0.25, -0.2) is 0 Å². The number of nitrogens with zero attached hydrogens (tertiary/aromatic N) is 2. The van der Waals surface area contributed by atoms with Crippen LogP contribution in [0.5, 0.6) is 0 Å². The summed E-state index contributed by atoms with van der Waals surface area (Å²) >= 11 is 0. The average molecular weight is 260 g/mol. The second-order valence-corrected chi connectivity index (χ2v) is 4.11. The molecule has 2 aromatic heterocycles. The first kappa shape index (κ1) is 13.8. The van der Waals surface area contributed by atoms with Gasteiger partial charge in [0.25, 0.3) is 0 Å². The van der Waals surface area contributed by atoms with Crippen molar-refractivity contribution in [1.82, 2.24) is 9.55 Å². The fourth-order valence-corrected chi connectivity index (χ4v) is 2.08. The van der Waals surface area contributed by atoms with Crippen LogP contribution in [-0.4, -0.2) is 9.55 Å². The molecule has 0 atom stereocenters. The predicted molar refractivity (Wildman–Crippen MR) is 69.7 cm³/mol. The SMILES string of the molecule is Cn1c([CH-]c2ccncc2)cc2ccccc21.[K+]. The smallest absolute Gasteiger partial charge is 0.362 e. The summed E-state index contributed by atoms with van der Waals surface area (Å²) in [6, 6.07) is 14.6. The van der Waals surface area contributed by atoms with Crippen LogP contribution in [0, 0.1) is 6.42 Å². The second kappa shape index (κ2) is 6.04. The van der Waals surface area contributed by atoms with Gasteiger partial charge < -0.3 is 4.57 Å². The molecule has 3 aromatic rings. The molecule has 0 bridgehead atoms. The summed E-state index contributed by atoms with van der Waals surface area (Å²) in [5, 5.41) is 1.27. The quantitative estimate of drug-likeness (QED) is 0.475. The standard InChI is InChI=1S/C15H13N2.K/c1-17-14(10-12-6-8-16-9-7-12)11-13-4-2-3-5-15(13)17;/h2-11H,1H3;/q-1;+1. The van der Waals surface area contributed by atoms with Crippen molar-refractivity contribution >= 4 is 10.9 Å². The molecule has 0 spiro atoms. The van der Waals surface area contributed by atoms with Crippen molar-refractivity contribution in [2.45, 2.75) is 0 Å². The molecule has 0 saturated heterocycles. The van der Waals surface area contributed by atoms with Crippen LogP contribution in [0.25, 0.3) is 10.9 Å². The molecule has 0 aliphatic heterocycles. The molecule has 3 heteroatoms. The molecule has 0 radical (unpaired) electrons. The minimum atomic E-state index is 0. The van der Waals surface area contributed by atoms with Gasteiger partial charge in [-0.3, -0.25) is 4.98 Å². The van der Waals surface area contributed by atoms with E-state index in [1.165, 1.54) is 22.2 Å². The molecule has 0 aliphatic rings. The van der Waals surface area contributed by atoms with Gasteiger partial charge in [-0.1, -0.05) is 18.2 Å². The van der Waals surface area contributed by atoms with Gasteiger partial charge in [0.1, 0.15) is 0 Å². The first-order chi connectivity index (χ1) is 8.34. The molecule has 2 nitrogen and oxygen atoms in total. The van der Waals surface area contributed by atoms with Crippen LogP contribution in [0.1, 0.15) is 11.3 Å². The van der Waals surface area contributed by atoms with E-state index in [0.29, 0.717) is 0 Å². The van der Waals surface area contributed by atoms with Gasteiger partial charge in [0, 0.05) is 12.6 Å². The second-order valence-electron chi connectivity index (χ2n) is 4.11. The van der Waals surface area contributed by atoms with Crippen LogP contribution in [0.15, 0.2) is 54.9 Å². The Kier molecular flexibility index (Phi) is 4.64. The maximum atomic E-state index is 4.03. The van der Waals surface area contributed by atoms with Crippen LogP contribution in [0.4, 0.5) is 0 Å². The topological polar surface area (TPSA) is 17.8 Å². The maximum Gasteiger partial charge on any atom is 1.00 e. The number of benzene rings is 1. The first-order valence-corrected chi connectivity index (χ1v) is 5.64. The predicted octanol–water partition coefficient (Wildman–Crippen LogP) is 0.178. The Labute approximate surface area is 149 Å². The van der Waals surface area contributed by atoms with Gasteiger partial charge in [-0.15, -0.1) is 30.2 Å². The van der Waals surface area contributed by atoms with E-state index in [1.807, 2.05) is 24.5 Å². The van der Waals surface area contributed by atoms with E-state index >= 15 is 0 Å². The minimum Gasteiger partial charge on any atom is -0.362 e. The maximum absolute atomic E-state index is 4.03. The number of rotatable bonds is 2. The van der Waals surface area contributed by atoms with Gasteiger partial charge in [0.15, 0.2) is 0 Å². The Bertz CT molecular complexity index is 644. The van der Waals surface area contributed by atoms with E-state index in [-0.39, 0.29) is 51.4 Å². The summed E-state index contributed by atoms with van der Waals surface area (Å²) in [5.74, 6) is 0. The molecule has 2 heterocycles. The van der Waals surface area contributed by atoms with Gasteiger partial charge in [0.2, 0.25) is 0 Å². The van der Waals surface area contributed by atoms with Crippen molar-refractivity contribution in [3.63, 3.8) is 0 Å². The number of hydrogen-bond donors (Lipinski definition) is 0. The Morgan fingerprint density at radius 2 is 1.78 bits per heavy atom. The van der Waals surface area contributed by atoms with Crippen LogP contribution >= 0.6 is 0 Å². The van der Waals surface area contributed by atoms with Crippen molar-refractivity contribution in [1.29, 1.82) is 0 Å². The van der Waals surface area contributed by atoms with E-state index in [4.69, 9.17) is 0 Å². The van der Waals surface area contributed by atoms with E-state index in [9.17, 15) is 0 Å². The third kappa shape index (κ3) is 2.70. The van der Waals surface area contributed by atoms with Crippen LogP contribution in [-0.2, 0) is 7.05 Å². The largest absolute Gasteiger partial charge is 1.00 e. The molecule has 84 valence electrons. The molecular formula is C15H13KN2. The molecule has 0 amide bonds. The summed E-state index contributed by atoms with van der Waals surface area (Å²) in [6.07, 6.45) is 5.80. The Hall–Kier alpha value is -0.584. The number of para-hydroxylation sites is 1. The third-order valence-electron chi connectivity index (χ3n) is 3.01. The Morgan fingerprint density at radius 3 is 2.50 bits per heavy atom. The molecule has 0 unspecified atom stereocenters. The van der Waals surface area contributed by atoms with Crippen LogP contribution in [0.2, 0.25) is 0 Å². The zero-order valence-corrected chi connectivity index (χ0v) is 13.8. The van der Waals surface area contributed by atoms with Crippen molar-refractivity contribution in [2.24, 2.45) is 7.05 Å². The van der Waals surface area contributed by atoms with E-state index in [0.717, 1.165) is 0 Å². The van der Waals surface area contributed by atoms with E-state index < -0.39 is 0 Å². The fourth-order valence-electron chi connectivity index (χ4n) is 2.08. The summed E-state index contributed by atoms with van der Waals surface area (Å²) in [6.45, 7) is 0. The summed E-state index contributed by atoms with van der Waals surface area (Å²) in [4.78, 5) is 4.03. The minimum absolute atomic E-state index is 0. The van der Waals surface area contributed by atoms with Crippen molar-refractivity contribution in [3.8, 4) is 0 Å². The number of pyridine rings is 1. The Morgan fingerprint density at radius 1 is 1.06 bits per heavy atom. The normalized spacial score (nSPS) is 10.1. The average Bonchev–Trinajstić information content (AvgIpc) is 2.68. The van der Waals surface area contributed by atoms with E-state index in [1.54, 1.807) is 0 Å². The summed E-state index contributed by atoms with van der Waals surface area (Å²) in [7, 11) is 2.09. The van der Waals surface area contributed by atoms with Gasteiger partial charge in [-0.05, 0) is 29.5 Å². The zero-order chi connectivity index (χ0) is 11.7. The van der Waals surface area contributed by atoms with E-state index in [2.05, 4.69) is 53.4 Å². The van der Waals surface area contributed by atoms with Crippen LogP contribution in [0.3, 0.4) is 0 Å². The molecular weight excluding hydrogens is 247 g/mol. The monoisotopic (exact) mass is 260 g/mol. The van der Waals surface area contributed by atoms with Gasteiger partial charge >= 0.3 is 51.4 Å². The van der Waals surface area contributed by atoms with Crippen molar-refractivity contribution < 1.29 is 51.4 Å². The summed E-state index contributed by atoms with van der Waals surface area (Å²) in [5.41, 5.74) is 3.64. The number of aromatic nitrogens is 2. The number of fused-ring (bicyclic) bond motifs is 1. The fraction of sp³-hybridized carbons (Fsp3) is 0.0667. The molecule has 18 heavy (non-hydrogen) atoms. The molecule has 0 fully saturated rings. The van der Waals surface area contributed by atoms with Crippen molar-refractivity contribution in [3.05, 3.63) is 72.5 Å². The number of aryl methyl sites for hydroxylation is 1. The van der Waals surface area contributed by atoms with Gasteiger partial charge in [-0.2, -0.15) is 0 Å². The Balaban J connectivity index is 0.00000120. The molecule has 0 N–H and O–H groups in total. The third-order valence-corrected chi connectivity index (χ3v) is 3.01. The molecule has 0 saturated carbocycles.